The summed E-state index contributed by atoms with van der Waals surface area (Å²) in [5, 5.41) is 2.79. The SMILES string of the molecule is CC(NC(=O)c1ccc(C(F)(F)F)cc1CN(c1nsnc1Cc1ccccc1)S(=O)O)c1ccccc1. The number of halogens is 3. The normalized spacial score (nSPS) is 13.1. The molecule has 12 heteroatoms. The van der Waals surface area contributed by atoms with Crippen molar-refractivity contribution in [2.75, 3.05) is 4.31 Å². The summed E-state index contributed by atoms with van der Waals surface area (Å²) >= 11 is -1.85. The van der Waals surface area contributed by atoms with Crippen molar-refractivity contribution in [2.24, 2.45) is 0 Å². The van der Waals surface area contributed by atoms with Crippen molar-refractivity contribution in [2.45, 2.75) is 32.1 Å². The monoisotopic (exact) mass is 560 g/mol. The standard InChI is InChI=1S/C26H23F3N4O3S2/c1-17(19-10-6-3-7-11-19)30-25(34)22-13-12-21(26(27,28)29)15-20(22)16-33(38(35)36)24-23(31-37-32-24)14-18-8-4-2-5-9-18/h2-13,15,17H,14,16H2,1H3,(H,30,34)(H,35,36). The summed E-state index contributed by atoms with van der Waals surface area (Å²) in [4.78, 5) is 13.2. The van der Waals surface area contributed by atoms with E-state index >= 15 is 0 Å². The molecule has 2 atom stereocenters. The third-order valence-electron chi connectivity index (χ3n) is 5.81. The minimum absolute atomic E-state index is 0.0518. The van der Waals surface area contributed by atoms with E-state index in [9.17, 15) is 26.7 Å². The van der Waals surface area contributed by atoms with Gasteiger partial charge in [-0.15, -0.1) is 0 Å². The summed E-state index contributed by atoms with van der Waals surface area (Å²) in [7, 11) is 0. The fourth-order valence-corrected chi connectivity index (χ4v) is 5.03. The van der Waals surface area contributed by atoms with Gasteiger partial charge >= 0.3 is 6.18 Å². The molecule has 0 saturated carbocycles. The van der Waals surface area contributed by atoms with Crippen LogP contribution < -0.4 is 9.62 Å². The van der Waals surface area contributed by atoms with Gasteiger partial charge in [-0.25, -0.2) is 8.51 Å². The van der Waals surface area contributed by atoms with Gasteiger partial charge in [0.25, 0.3) is 17.2 Å². The van der Waals surface area contributed by atoms with Crippen molar-refractivity contribution in [1.82, 2.24) is 14.1 Å². The fourth-order valence-electron chi connectivity index (χ4n) is 3.87. The Morgan fingerprint density at radius 2 is 1.71 bits per heavy atom. The number of carbonyl (C=O) groups is 1. The molecule has 3 aromatic carbocycles. The quantitative estimate of drug-likeness (QED) is 0.253. The third kappa shape index (κ3) is 6.63. The molecule has 0 radical (unpaired) electrons. The molecule has 0 aliphatic carbocycles. The number of carbonyl (C=O) groups excluding carboxylic acids is 1. The van der Waals surface area contributed by atoms with E-state index in [0.29, 0.717) is 12.1 Å². The second-order valence-electron chi connectivity index (χ2n) is 8.44. The van der Waals surface area contributed by atoms with E-state index in [1.54, 1.807) is 6.92 Å². The first-order chi connectivity index (χ1) is 18.1. The number of anilines is 1. The molecule has 1 amide bonds. The molecule has 2 unspecified atom stereocenters. The Morgan fingerprint density at radius 1 is 1.05 bits per heavy atom. The van der Waals surface area contributed by atoms with Crippen molar-refractivity contribution < 1.29 is 26.7 Å². The lowest BCUT2D eigenvalue weighted by Crippen LogP contribution is -2.31. The molecule has 4 aromatic rings. The van der Waals surface area contributed by atoms with Crippen LogP contribution in [0.3, 0.4) is 0 Å². The van der Waals surface area contributed by atoms with Gasteiger partial charge in [0.1, 0.15) is 5.69 Å². The van der Waals surface area contributed by atoms with E-state index in [4.69, 9.17) is 0 Å². The zero-order chi connectivity index (χ0) is 27.3. The summed E-state index contributed by atoms with van der Waals surface area (Å²) < 4.78 is 72.5. The number of alkyl halides is 3. The highest BCUT2D eigenvalue weighted by Gasteiger charge is 2.32. The number of amides is 1. The van der Waals surface area contributed by atoms with Gasteiger partial charge in [-0.3, -0.25) is 9.35 Å². The van der Waals surface area contributed by atoms with Gasteiger partial charge in [-0.2, -0.15) is 21.9 Å². The van der Waals surface area contributed by atoms with Gasteiger partial charge in [0.15, 0.2) is 5.82 Å². The summed E-state index contributed by atoms with van der Waals surface area (Å²) in [6.45, 7) is 1.27. The van der Waals surface area contributed by atoms with Crippen LogP contribution in [-0.4, -0.2) is 23.4 Å². The Kier molecular flexibility index (Phi) is 8.55. The van der Waals surface area contributed by atoms with Crippen LogP contribution >= 0.6 is 11.7 Å². The molecule has 4 rings (SSSR count). The van der Waals surface area contributed by atoms with E-state index in [-0.39, 0.29) is 16.9 Å². The second kappa shape index (κ2) is 11.8. The predicted octanol–water partition coefficient (Wildman–Crippen LogP) is 5.78. The van der Waals surface area contributed by atoms with Crippen molar-refractivity contribution in [3.05, 3.63) is 112 Å². The van der Waals surface area contributed by atoms with E-state index in [2.05, 4.69) is 14.1 Å². The van der Waals surface area contributed by atoms with Crippen LogP contribution in [0.1, 0.15) is 51.3 Å². The van der Waals surface area contributed by atoms with Crippen molar-refractivity contribution in [3.8, 4) is 0 Å². The number of nitrogens with one attached hydrogen (secondary N) is 1. The molecule has 1 aromatic heterocycles. The van der Waals surface area contributed by atoms with Gasteiger partial charge < -0.3 is 5.32 Å². The lowest BCUT2D eigenvalue weighted by molar-refractivity contribution is -0.137. The number of rotatable bonds is 9. The predicted molar refractivity (Wildman–Crippen MR) is 140 cm³/mol. The molecule has 0 bridgehead atoms. The van der Waals surface area contributed by atoms with Crippen molar-refractivity contribution in [3.63, 3.8) is 0 Å². The zero-order valence-electron chi connectivity index (χ0n) is 20.1. The highest BCUT2D eigenvalue weighted by atomic mass is 32.2. The van der Waals surface area contributed by atoms with Gasteiger partial charge in [0.2, 0.25) is 0 Å². The summed E-state index contributed by atoms with van der Waals surface area (Å²) in [6.07, 6.45) is -4.38. The van der Waals surface area contributed by atoms with Crippen LogP contribution in [0.25, 0.3) is 0 Å². The Morgan fingerprint density at radius 3 is 2.34 bits per heavy atom. The van der Waals surface area contributed by atoms with Crippen LogP contribution in [0.4, 0.5) is 19.0 Å². The minimum Gasteiger partial charge on any atom is -0.346 e. The molecule has 7 nitrogen and oxygen atoms in total. The van der Waals surface area contributed by atoms with Crippen LogP contribution in [0.15, 0.2) is 78.9 Å². The van der Waals surface area contributed by atoms with Crippen LogP contribution in [-0.2, 0) is 30.4 Å². The molecular formula is C26H23F3N4O3S2. The lowest BCUT2D eigenvalue weighted by Gasteiger charge is -2.22. The maximum Gasteiger partial charge on any atom is 0.416 e. The van der Waals surface area contributed by atoms with Gasteiger partial charge in [-0.1, -0.05) is 60.7 Å². The average molecular weight is 561 g/mol. The molecule has 1 heterocycles. The molecule has 0 fully saturated rings. The molecule has 0 saturated heterocycles. The maximum atomic E-state index is 13.6. The minimum atomic E-state index is -4.68. The molecular weight excluding hydrogens is 537 g/mol. The van der Waals surface area contributed by atoms with Crippen LogP contribution in [0.2, 0.25) is 0 Å². The maximum absolute atomic E-state index is 13.6. The molecule has 38 heavy (non-hydrogen) atoms. The average Bonchev–Trinajstić information content (AvgIpc) is 3.35. The summed E-state index contributed by atoms with van der Waals surface area (Å²) in [5.74, 6) is -0.559. The Balaban J connectivity index is 1.68. The number of hydrogen-bond acceptors (Lipinski definition) is 5. The summed E-state index contributed by atoms with van der Waals surface area (Å²) in [6, 6.07) is 20.6. The fraction of sp³-hybridized carbons (Fsp3) is 0.192. The Bertz CT molecular complexity index is 1420. The number of nitrogens with zero attached hydrogens (tertiary/aromatic N) is 3. The highest BCUT2D eigenvalue weighted by Crippen LogP contribution is 2.32. The first-order valence-corrected chi connectivity index (χ1v) is 13.2. The number of benzene rings is 3. The molecule has 2 N–H and O–H groups in total. The van der Waals surface area contributed by atoms with Crippen LogP contribution in [0, 0.1) is 0 Å². The number of aromatic nitrogens is 2. The highest BCUT2D eigenvalue weighted by molar-refractivity contribution is 7.80. The Labute approximate surface area is 224 Å². The molecule has 198 valence electrons. The first-order valence-electron chi connectivity index (χ1n) is 11.4. The Hall–Kier alpha value is -3.61. The van der Waals surface area contributed by atoms with Gasteiger partial charge in [-0.05, 0) is 41.8 Å². The summed E-state index contributed by atoms with van der Waals surface area (Å²) in [5.41, 5.74) is 0.956. The topological polar surface area (TPSA) is 95.4 Å². The van der Waals surface area contributed by atoms with Crippen LogP contribution in [0.5, 0.6) is 0 Å². The first kappa shape index (κ1) is 27.4. The molecule has 0 aliphatic rings. The van der Waals surface area contributed by atoms with E-state index < -0.39 is 41.5 Å². The molecule has 0 spiro atoms. The van der Waals surface area contributed by atoms with Gasteiger partial charge in [0.05, 0.1) is 29.9 Å². The van der Waals surface area contributed by atoms with E-state index in [1.165, 1.54) is 0 Å². The number of hydrogen-bond donors (Lipinski definition) is 2. The van der Waals surface area contributed by atoms with E-state index in [1.807, 2.05) is 60.7 Å². The lowest BCUT2D eigenvalue weighted by atomic mass is 10.0. The zero-order valence-corrected chi connectivity index (χ0v) is 21.7. The third-order valence-corrected chi connectivity index (χ3v) is 7.05. The van der Waals surface area contributed by atoms with Gasteiger partial charge in [0, 0.05) is 12.0 Å². The smallest absolute Gasteiger partial charge is 0.346 e. The second-order valence-corrected chi connectivity index (χ2v) is 9.87. The van der Waals surface area contributed by atoms with Crippen molar-refractivity contribution >= 4 is 34.7 Å². The van der Waals surface area contributed by atoms with E-state index in [0.717, 1.165) is 45.4 Å². The van der Waals surface area contributed by atoms with Crippen molar-refractivity contribution in [1.29, 1.82) is 0 Å². The largest absolute Gasteiger partial charge is 0.416 e. The molecule has 0 aliphatic heterocycles.